The number of hydrogen-bond acceptors (Lipinski definition) is 4. The molecule has 0 spiro atoms. The number of halogens is 1. The van der Waals surface area contributed by atoms with Crippen LogP contribution >= 0.6 is 24.0 Å². The lowest BCUT2D eigenvalue weighted by Crippen LogP contribution is -2.30. The first kappa shape index (κ1) is 21.9. The van der Waals surface area contributed by atoms with Gasteiger partial charge in [0.15, 0.2) is 5.96 Å². The Kier molecular flexibility index (Phi) is 10.2. The van der Waals surface area contributed by atoms with Crippen LogP contribution in [0.5, 0.6) is 5.75 Å². The third-order valence-electron chi connectivity index (χ3n) is 3.10. The highest BCUT2D eigenvalue weighted by Gasteiger charge is 2.13. The molecule has 0 saturated heterocycles. The van der Waals surface area contributed by atoms with Crippen molar-refractivity contribution in [2.75, 3.05) is 38.3 Å². The molecular formula is C14H25IN4O3S. The molecule has 0 aliphatic rings. The van der Waals surface area contributed by atoms with E-state index in [9.17, 15) is 8.42 Å². The van der Waals surface area contributed by atoms with Crippen LogP contribution in [0.2, 0.25) is 0 Å². The summed E-state index contributed by atoms with van der Waals surface area (Å²) in [5, 5.41) is 2.96. The Bertz CT molecular complexity index is 608. The van der Waals surface area contributed by atoms with E-state index in [0.29, 0.717) is 19.5 Å². The fourth-order valence-electron chi connectivity index (χ4n) is 1.74. The molecule has 0 aromatic heterocycles. The summed E-state index contributed by atoms with van der Waals surface area (Å²) < 4.78 is 29.6. The van der Waals surface area contributed by atoms with E-state index < -0.39 is 10.0 Å². The zero-order valence-electron chi connectivity index (χ0n) is 13.7. The second kappa shape index (κ2) is 10.7. The molecule has 0 atom stereocenters. The summed E-state index contributed by atoms with van der Waals surface area (Å²) in [7, 11) is 0.0334. The van der Waals surface area contributed by atoms with E-state index in [1.54, 1.807) is 21.1 Å². The number of aliphatic imine (C=N–C) groups is 1. The fraction of sp³-hybridized carbons (Fsp3) is 0.500. The predicted molar refractivity (Wildman–Crippen MR) is 105 cm³/mol. The number of hydrogen-bond donors (Lipinski definition) is 2. The van der Waals surface area contributed by atoms with Crippen molar-refractivity contribution in [3.63, 3.8) is 0 Å². The Morgan fingerprint density at radius 2 is 2.13 bits per heavy atom. The molecule has 0 amide bonds. The monoisotopic (exact) mass is 456 g/mol. The fourth-order valence-corrected chi connectivity index (χ4v) is 2.59. The summed E-state index contributed by atoms with van der Waals surface area (Å²) >= 11 is 0. The standard InChI is InChI=1S/C14H24N4O3S.HI/c1-4-22(19,20)18(2)10-6-9-16-14(15)17-12-7-5-8-13(11-12)21-3;/h5,7-8,11H,4,6,9-10H2,1-3H3,(H3,15,16,17);1H. The molecule has 7 nitrogen and oxygen atoms in total. The van der Waals surface area contributed by atoms with Gasteiger partial charge in [-0.1, -0.05) is 6.07 Å². The molecular weight excluding hydrogens is 431 g/mol. The van der Waals surface area contributed by atoms with Gasteiger partial charge >= 0.3 is 0 Å². The average Bonchev–Trinajstić information content (AvgIpc) is 2.51. The first-order valence-electron chi connectivity index (χ1n) is 7.04. The minimum atomic E-state index is -3.13. The predicted octanol–water partition coefficient (Wildman–Crippen LogP) is 1.71. The minimum Gasteiger partial charge on any atom is -0.497 e. The van der Waals surface area contributed by atoms with Gasteiger partial charge in [0, 0.05) is 31.9 Å². The Balaban J connectivity index is 0.00000484. The molecule has 0 saturated carbocycles. The third-order valence-corrected chi connectivity index (χ3v) is 4.96. The summed E-state index contributed by atoms with van der Waals surface area (Å²) in [6, 6.07) is 7.35. The van der Waals surface area contributed by atoms with Gasteiger partial charge < -0.3 is 15.8 Å². The quantitative estimate of drug-likeness (QED) is 0.269. The molecule has 0 aliphatic carbocycles. The second-order valence-corrected chi connectivity index (χ2v) is 7.06. The highest BCUT2D eigenvalue weighted by molar-refractivity contribution is 14.0. The van der Waals surface area contributed by atoms with Gasteiger partial charge in [-0.3, -0.25) is 4.99 Å². The Morgan fingerprint density at radius 3 is 2.74 bits per heavy atom. The number of rotatable bonds is 8. The van der Waals surface area contributed by atoms with E-state index in [1.807, 2.05) is 24.3 Å². The van der Waals surface area contributed by atoms with Gasteiger partial charge in [0.25, 0.3) is 0 Å². The van der Waals surface area contributed by atoms with E-state index >= 15 is 0 Å². The van der Waals surface area contributed by atoms with Crippen molar-refractivity contribution in [3.8, 4) is 5.75 Å². The Hall–Kier alpha value is -1.07. The molecule has 0 fully saturated rings. The Morgan fingerprint density at radius 1 is 1.43 bits per heavy atom. The van der Waals surface area contributed by atoms with Crippen LogP contribution in [0.15, 0.2) is 29.3 Å². The number of ether oxygens (including phenoxy) is 1. The van der Waals surface area contributed by atoms with Crippen molar-refractivity contribution >= 4 is 45.6 Å². The number of nitrogens with zero attached hydrogens (tertiary/aromatic N) is 2. The maximum Gasteiger partial charge on any atom is 0.213 e. The largest absolute Gasteiger partial charge is 0.497 e. The highest BCUT2D eigenvalue weighted by atomic mass is 127. The van der Waals surface area contributed by atoms with Gasteiger partial charge in [0.2, 0.25) is 10.0 Å². The van der Waals surface area contributed by atoms with E-state index in [4.69, 9.17) is 10.5 Å². The molecule has 132 valence electrons. The highest BCUT2D eigenvalue weighted by Crippen LogP contribution is 2.16. The number of nitrogens with two attached hydrogens (primary N) is 1. The normalized spacial score (nSPS) is 11.9. The lowest BCUT2D eigenvalue weighted by molar-refractivity contribution is 0.415. The minimum absolute atomic E-state index is 0. The van der Waals surface area contributed by atoms with Gasteiger partial charge in [0.05, 0.1) is 12.9 Å². The molecule has 9 heteroatoms. The maximum absolute atomic E-state index is 11.6. The van der Waals surface area contributed by atoms with Crippen molar-refractivity contribution in [2.24, 2.45) is 10.7 Å². The zero-order valence-corrected chi connectivity index (χ0v) is 16.8. The summed E-state index contributed by atoms with van der Waals surface area (Å²) in [6.45, 7) is 2.50. The number of benzene rings is 1. The van der Waals surface area contributed by atoms with E-state index in [0.717, 1.165) is 11.4 Å². The number of anilines is 1. The van der Waals surface area contributed by atoms with Gasteiger partial charge in [-0.2, -0.15) is 0 Å². The first-order chi connectivity index (χ1) is 10.4. The topological polar surface area (TPSA) is 97.0 Å². The van der Waals surface area contributed by atoms with Gasteiger partial charge in [0.1, 0.15) is 5.75 Å². The number of guanidine groups is 1. The maximum atomic E-state index is 11.6. The molecule has 1 aromatic carbocycles. The SMILES string of the molecule is CCS(=O)(=O)N(C)CCCN=C(N)Nc1cccc(OC)c1.I. The van der Waals surface area contributed by atoms with Crippen LogP contribution in [0.4, 0.5) is 5.69 Å². The van der Waals surface area contributed by atoms with Crippen molar-refractivity contribution in [1.29, 1.82) is 0 Å². The molecule has 0 heterocycles. The van der Waals surface area contributed by atoms with Crippen LogP contribution < -0.4 is 15.8 Å². The van der Waals surface area contributed by atoms with E-state index in [2.05, 4.69) is 10.3 Å². The van der Waals surface area contributed by atoms with Crippen LogP contribution in [0.3, 0.4) is 0 Å². The van der Waals surface area contributed by atoms with Crippen molar-refractivity contribution in [3.05, 3.63) is 24.3 Å². The Labute approximate surface area is 155 Å². The molecule has 0 unspecified atom stereocenters. The zero-order chi connectivity index (χ0) is 16.6. The van der Waals surface area contributed by atoms with Gasteiger partial charge in [-0.05, 0) is 25.5 Å². The van der Waals surface area contributed by atoms with Crippen molar-refractivity contribution in [2.45, 2.75) is 13.3 Å². The summed E-state index contributed by atoms with van der Waals surface area (Å²) in [5.74, 6) is 1.12. The number of sulfonamides is 1. The molecule has 0 radical (unpaired) electrons. The summed E-state index contributed by atoms with van der Waals surface area (Å²) in [5.41, 5.74) is 6.58. The van der Waals surface area contributed by atoms with Crippen LogP contribution in [0, 0.1) is 0 Å². The second-order valence-electron chi connectivity index (χ2n) is 4.70. The molecule has 1 aromatic rings. The van der Waals surface area contributed by atoms with Gasteiger partial charge in [-0.25, -0.2) is 12.7 Å². The van der Waals surface area contributed by atoms with Crippen LogP contribution in [-0.2, 0) is 10.0 Å². The van der Waals surface area contributed by atoms with Crippen LogP contribution in [0.25, 0.3) is 0 Å². The lowest BCUT2D eigenvalue weighted by atomic mass is 10.3. The smallest absolute Gasteiger partial charge is 0.213 e. The van der Waals surface area contributed by atoms with Crippen LogP contribution in [0.1, 0.15) is 13.3 Å². The first-order valence-corrected chi connectivity index (χ1v) is 8.65. The van der Waals surface area contributed by atoms with Crippen LogP contribution in [-0.4, -0.2) is 51.7 Å². The van der Waals surface area contributed by atoms with Crippen molar-refractivity contribution in [1.82, 2.24) is 4.31 Å². The molecule has 23 heavy (non-hydrogen) atoms. The average molecular weight is 456 g/mol. The molecule has 0 aliphatic heterocycles. The number of methoxy groups -OCH3 is 1. The summed E-state index contributed by atoms with van der Waals surface area (Å²) in [4.78, 5) is 4.18. The third kappa shape index (κ3) is 7.84. The lowest BCUT2D eigenvalue weighted by Gasteiger charge is -2.15. The molecule has 0 bridgehead atoms. The summed E-state index contributed by atoms with van der Waals surface area (Å²) in [6.07, 6.45) is 0.607. The molecule has 1 rings (SSSR count). The molecule has 3 N–H and O–H groups in total. The number of nitrogens with one attached hydrogen (secondary N) is 1. The van der Waals surface area contributed by atoms with Gasteiger partial charge in [-0.15, -0.1) is 24.0 Å². The van der Waals surface area contributed by atoms with E-state index in [-0.39, 0.29) is 35.7 Å². The van der Waals surface area contributed by atoms with Crippen molar-refractivity contribution < 1.29 is 13.2 Å². The van der Waals surface area contributed by atoms with E-state index in [1.165, 1.54) is 4.31 Å².